The Labute approximate surface area is 215 Å². The standard InChI is InChI=1S/C32H52N2O/c1-22(9-8-18-34-21-23-10-6-5-7-11-23)27-14-15-28-26-13-12-24-19-25(33-4)16-17-31(24,2)29(26)20-30(35)32(27,28)3/h5-7,10-11,22,24-30,33-35H,8-9,12-21H2,1-4H3/t22-,24-,25+,26+,27-,28+,29+,30+,31+,32-/m1/s1. The quantitative estimate of drug-likeness (QED) is 0.377. The third-order valence-corrected chi connectivity index (χ3v) is 12.1. The average Bonchev–Trinajstić information content (AvgIpc) is 3.23. The number of aliphatic hydroxyl groups is 1. The van der Waals surface area contributed by atoms with Gasteiger partial charge in [0, 0.05) is 12.6 Å². The van der Waals surface area contributed by atoms with Crippen LogP contribution < -0.4 is 10.6 Å². The molecule has 0 aromatic heterocycles. The molecule has 3 nitrogen and oxygen atoms in total. The van der Waals surface area contributed by atoms with E-state index >= 15 is 0 Å². The van der Waals surface area contributed by atoms with Crippen LogP contribution in [0.15, 0.2) is 30.3 Å². The van der Waals surface area contributed by atoms with Crippen LogP contribution in [0.5, 0.6) is 0 Å². The smallest absolute Gasteiger partial charge is 0.0602 e. The SMILES string of the molecule is CN[C@H]1CC[C@@]2(C)[C@H](CC[C@@H]3[C@@H]2C[C@H](O)[C@]2(C)[C@@H]([C@H](C)CCCNCc4ccccc4)CC[C@@H]32)C1. The summed E-state index contributed by atoms with van der Waals surface area (Å²) in [5.74, 6) is 4.56. The lowest BCUT2D eigenvalue weighted by molar-refractivity contribution is -0.169. The molecule has 196 valence electrons. The Bertz CT molecular complexity index is 828. The molecule has 4 aliphatic rings. The van der Waals surface area contributed by atoms with Crippen molar-refractivity contribution in [1.29, 1.82) is 0 Å². The molecule has 0 spiro atoms. The molecule has 4 fully saturated rings. The zero-order valence-electron chi connectivity index (χ0n) is 22.9. The maximum Gasteiger partial charge on any atom is 0.0602 e. The predicted molar refractivity (Wildman–Crippen MR) is 146 cm³/mol. The number of nitrogens with one attached hydrogen (secondary N) is 2. The molecule has 0 radical (unpaired) electrons. The van der Waals surface area contributed by atoms with Crippen molar-refractivity contribution < 1.29 is 5.11 Å². The highest BCUT2D eigenvalue weighted by atomic mass is 16.3. The van der Waals surface area contributed by atoms with Gasteiger partial charge in [-0.2, -0.15) is 0 Å². The fraction of sp³-hybridized carbons (Fsp3) is 0.812. The van der Waals surface area contributed by atoms with Gasteiger partial charge in [0.1, 0.15) is 0 Å². The van der Waals surface area contributed by atoms with E-state index in [1.165, 1.54) is 63.4 Å². The van der Waals surface area contributed by atoms with Gasteiger partial charge in [-0.1, -0.05) is 51.1 Å². The van der Waals surface area contributed by atoms with E-state index in [1.54, 1.807) is 0 Å². The van der Waals surface area contributed by atoms with Crippen LogP contribution in [0.4, 0.5) is 0 Å². The number of aliphatic hydroxyl groups excluding tert-OH is 1. The molecule has 5 rings (SSSR count). The van der Waals surface area contributed by atoms with Gasteiger partial charge in [-0.3, -0.25) is 0 Å². The van der Waals surface area contributed by atoms with Gasteiger partial charge in [-0.15, -0.1) is 0 Å². The lowest BCUT2D eigenvalue weighted by Gasteiger charge is -2.62. The average molecular weight is 481 g/mol. The van der Waals surface area contributed by atoms with Crippen molar-refractivity contribution in [2.75, 3.05) is 13.6 Å². The highest BCUT2D eigenvalue weighted by molar-refractivity contribution is 5.14. The Morgan fingerprint density at radius 3 is 2.57 bits per heavy atom. The molecule has 0 amide bonds. The summed E-state index contributed by atoms with van der Waals surface area (Å²) < 4.78 is 0. The molecule has 1 aromatic carbocycles. The third kappa shape index (κ3) is 4.64. The molecule has 3 N–H and O–H groups in total. The van der Waals surface area contributed by atoms with Crippen LogP contribution in [0, 0.1) is 46.3 Å². The first-order valence-electron chi connectivity index (χ1n) is 15.0. The molecule has 10 atom stereocenters. The van der Waals surface area contributed by atoms with Crippen LogP contribution in [0.2, 0.25) is 0 Å². The Morgan fingerprint density at radius 1 is 1.00 bits per heavy atom. The first kappa shape index (κ1) is 25.7. The number of hydrogen-bond donors (Lipinski definition) is 3. The molecule has 0 aliphatic heterocycles. The fourth-order valence-corrected chi connectivity index (χ4v) is 10.0. The van der Waals surface area contributed by atoms with Gasteiger partial charge in [-0.25, -0.2) is 0 Å². The van der Waals surface area contributed by atoms with Gasteiger partial charge in [0.25, 0.3) is 0 Å². The monoisotopic (exact) mass is 480 g/mol. The van der Waals surface area contributed by atoms with Crippen LogP contribution >= 0.6 is 0 Å². The van der Waals surface area contributed by atoms with Gasteiger partial charge in [0.2, 0.25) is 0 Å². The maximum atomic E-state index is 11.8. The van der Waals surface area contributed by atoms with E-state index in [1.807, 2.05) is 0 Å². The summed E-state index contributed by atoms with van der Waals surface area (Å²) in [5.41, 5.74) is 1.95. The van der Waals surface area contributed by atoms with Gasteiger partial charge in [0.15, 0.2) is 0 Å². The van der Waals surface area contributed by atoms with Gasteiger partial charge < -0.3 is 15.7 Å². The second-order valence-corrected chi connectivity index (χ2v) is 13.5. The Kier molecular flexibility index (Phi) is 7.69. The Balaban J connectivity index is 1.19. The number of fused-ring (bicyclic) bond motifs is 5. The summed E-state index contributed by atoms with van der Waals surface area (Å²) >= 11 is 0. The van der Waals surface area contributed by atoms with E-state index in [4.69, 9.17) is 0 Å². The van der Waals surface area contributed by atoms with Crippen LogP contribution in [0.1, 0.15) is 90.5 Å². The van der Waals surface area contributed by atoms with Crippen molar-refractivity contribution in [2.24, 2.45) is 46.3 Å². The van der Waals surface area contributed by atoms with Crippen molar-refractivity contribution in [3.63, 3.8) is 0 Å². The van der Waals surface area contributed by atoms with Crippen LogP contribution in [-0.4, -0.2) is 30.8 Å². The Morgan fingerprint density at radius 2 is 1.80 bits per heavy atom. The maximum absolute atomic E-state index is 11.8. The van der Waals surface area contributed by atoms with Gasteiger partial charge in [-0.05, 0) is 130 Å². The summed E-state index contributed by atoms with van der Waals surface area (Å²) in [4.78, 5) is 0. The first-order valence-corrected chi connectivity index (χ1v) is 15.0. The summed E-state index contributed by atoms with van der Waals surface area (Å²) in [6.07, 6.45) is 13.0. The molecule has 4 saturated carbocycles. The van der Waals surface area contributed by atoms with Crippen LogP contribution in [0.25, 0.3) is 0 Å². The molecule has 1 aromatic rings. The van der Waals surface area contributed by atoms with Gasteiger partial charge in [0.05, 0.1) is 6.10 Å². The second kappa shape index (κ2) is 10.5. The van der Waals surface area contributed by atoms with Crippen LogP contribution in [-0.2, 0) is 6.54 Å². The minimum atomic E-state index is -0.113. The highest BCUT2D eigenvalue weighted by Gasteiger charge is 2.63. The van der Waals surface area contributed by atoms with Crippen molar-refractivity contribution in [2.45, 2.75) is 104 Å². The van der Waals surface area contributed by atoms with E-state index in [9.17, 15) is 5.11 Å². The molecular weight excluding hydrogens is 428 g/mol. The molecular formula is C32H52N2O. The number of benzene rings is 1. The van der Waals surface area contributed by atoms with E-state index in [0.29, 0.717) is 23.3 Å². The zero-order valence-corrected chi connectivity index (χ0v) is 22.9. The molecule has 0 saturated heterocycles. The molecule has 4 aliphatic carbocycles. The zero-order chi connectivity index (χ0) is 24.6. The number of rotatable bonds is 8. The van der Waals surface area contributed by atoms with E-state index in [0.717, 1.165) is 43.2 Å². The minimum absolute atomic E-state index is 0.113. The molecule has 0 heterocycles. The minimum Gasteiger partial charge on any atom is -0.393 e. The topological polar surface area (TPSA) is 44.3 Å². The number of hydrogen-bond acceptors (Lipinski definition) is 3. The normalized spacial score (nSPS) is 43.7. The fourth-order valence-electron chi connectivity index (χ4n) is 10.0. The highest BCUT2D eigenvalue weighted by Crippen LogP contribution is 2.68. The second-order valence-electron chi connectivity index (χ2n) is 13.5. The van der Waals surface area contributed by atoms with Gasteiger partial charge >= 0.3 is 0 Å². The first-order chi connectivity index (χ1) is 16.9. The largest absolute Gasteiger partial charge is 0.393 e. The third-order valence-electron chi connectivity index (χ3n) is 12.1. The van der Waals surface area contributed by atoms with Crippen molar-refractivity contribution in [3.8, 4) is 0 Å². The summed E-state index contributed by atoms with van der Waals surface area (Å²) in [6.45, 7) is 9.67. The molecule has 3 heteroatoms. The lowest BCUT2D eigenvalue weighted by Crippen LogP contribution is -2.59. The Hall–Kier alpha value is -0.900. The predicted octanol–water partition coefficient (Wildman–Crippen LogP) is 6.41. The molecule has 35 heavy (non-hydrogen) atoms. The van der Waals surface area contributed by atoms with E-state index in [2.05, 4.69) is 68.8 Å². The molecule has 0 bridgehead atoms. The summed E-state index contributed by atoms with van der Waals surface area (Å²) in [7, 11) is 2.15. The van der Waals surface area contributed by atoms with E-state index in [-0.39, 0.29) is 11.5 Å². The van der Waals surface area contributed by atoms with E-state index < -0.39 is 0 Å². The lowest BCUT2D eigenvalue weighted by atomic mass is 9.43. The van der Waals surface area contributed by atoms with Crippen molar-refractivity contribution >= 4 is 0 Å². The summed E-state index contributed by atoms with van der Waals surface area (Å²) in [5, 5.41) is 19.0. The van der Waals surface area contributed by atoms with Crippen molar-refractivity contribution in [3.05, 3.63) is 35.9 Å². The van der Waals surface area contributed by atoms with Crippen molar-refractivity contribution in [1.82, 2.24) is 10.6 Å². The molecule has 0 unspecified atom stereocenters. The summed E-state index contributed by atoms with van der Waals surface area (Å²) in [6, 6.07) is 11.4. The van der Waals surface area contributed by atoms with Crippen LogP contribution in [0.3, 0.4) is 0 Å².